The standard InChI is InChI=1S/C33H39ClN4O2/c1-7-8-19-37(33(40)36-30-26(21(2)3)16-12-17-27(30)22(4)5)23(6)31-35-29-18-10-9-15-28(29)32(39)38(31)25-14-11-13-24(34)20-25/h9-18,20-23H,7-8,19H2,1-6H3,(H,36,40)/t23-/m0/s1. The molecule has 0 unspecified atom stereocenters. The van der Waals surface area contributed by atoms with Crippen LogP contribution in [0.25, 0.3) is 16.6 Å². The Kier molecular flexibility index (Phi) is 9.31. The fourth-order valence-corrected chi connectivity index (χ4v) is 5.29. The van der Waals surface area contributed by atoms with Crippen molar-refractivity contribution in [1.82, 2.24) is 14.5 Å². The van der Waals surface area contributed by atoms with Gasteiger partial charge in [-0.05, 0) is 66.6 Å². The number of aromatic nitrogens is 2. The summed E-state index contributed by atoms with van der Waals surface area (Å²) in [6.45, 7) is 13.1. The number of para-hydroxylation sites is 2. The Bertz CT molecular complexity index is 1530. The topological polar surface area (TPSA) is 67.2 Å². The van der Waals surface area contributed by atoms with Crippen LogP contribution >= 0.6 is 11.6 Å². The van der Waals surface area contributed by atoms with Crippen LogP contribution in [0, 0.1) is 0 Å². The molecule has 2 amide bonds. The average molecular weight is 559 g/mol. The van der Waals surface area contributed by atoms with Crippen LogP contribution in [0.3, 0.4) is 0 Å². The molecule has 4 aromatic rings. The van der Waals surface area contributed by atoms with Gasteiger partial charge in [0.1, 0.15) is 5.82 Å². The van der Waals surface area contributed by atoms with Gasteiger partial charge in [0.05, 0.1) is 22.6 Å². The summed E-state index contributed by atoms with van der Waals surface area (Å²) in [7, 11) is 0. The third-order valence-electron chi connectivity index (χ3n) is 7.33. The Morgan fingerprint density at radius 3 is 2.23 bits per heavy atom. The molecule has 0 fully saturated rings. The molecule has 1 atom stereocenters. The Balaban J connectivity index is 1.85. The highest BCUT2D eigenvalue weighted by molar-refractivity contribution is 6.30. The van der Waals surface area contributed by atoms with Crippen molar-refractivity contribution in [3.8, 4) is 5.69 Å². The number of hydrogen-bond acceptors (Lipinski definition) is 3. The molecule has 3 aromatic carbocycles. The van der Waals surface area contributed by atoms with Crippen molar-refractivity contribution in [3.63, 3.8) is 0 Å². The molecule has 1 heterocycles. The van der Waals surface area contributed by atoms with E-state index in [4.69, 9.17) is 16.6 Å². The zero-order valence-electron chi connectivity index (χ0n) is 24.2. The Labute approximate surface area is 242 Å². The fraction of sp³-hybridized carbons (Fsp3) is 0.364. The van der Waals surface area contributed by atoms with Crippen LogP contribution in [0.2, 0.25) is 5.02 Å². The van der Waals surface area contributed by atoms with Gasteiger partial charge in [0.2, 0.25) is 0 Å². The molecule has 0 radical (unpaired) electrons. The van der Waals surface area contributed by atoms with E-state index in [1.54, 1.807) is 27.7 Å². The molecule has 40 heavy (non-hydrogen) atoms. The van der Waals surface area contributed by atoms with Gasteiger partial charge in [-0.25, -0.2) is 9.78 Å². The van der Waals surface area contributed by atoms with Crippen molar-refractivity contribution in [1.29, 1.82) is 0 Å². The zero-order chi connectivity index (χ0) is 29.0. The summed E-state index contributed by atoms with van der Waals surface area (Å²) in [5, 5.41) is 4.30. The number of benzene rings is 3. The molecule has 1 aromatic heterocycles. The van der Waals surface area contributed by atoms with Crippen LogP contribution in [0.4, 0.5) is 10.5 Å². The first-order valence-electron chi connectivity index (χ1n) is 14.1. The molecule has 0 bridgehead atoms. The second kappa shape index (κ2) is 12.7. The number of amides is 2. The maximum Gasteiger partial charge on any atom is 0.322 e. The number of carbonyl (C=O) groups excluding carboxylic acids is 1. The van der Waals surface area contributed by atoms with Crippen LogP contribution in [-0.4, -0.2) is 27.0 Å². The number of nitrogens with zero attached hydrogens (tertiary/aromatic N) is 3. The maximum absolute atomic E-state index is 14.1. The molecule has 0 saturated heterocycles. The Morgan fingerprint density at radius 2 is 1.60 bits per heavy atom. The number of fused-ring (bicyclic) bond motifs is 1. The normalized spacial score (nSPS) is 12.2. The minimum atomic E-state index is -0.503. The predicted molar refractivity (Wildman–Crippen MR) is 166 cm³/mol. The molecule has 0 spiro atoms. The molecule has 6 nitrogen and oxygen atoms in total. The summed E-state index contributed by atoms with van der Waals surface area (Å²) in [6.07, 6.45) is 1.73. The zero-order valence-corrected chi connectivity index (χ0v) is 25.0. The van der Waals surface area contributed by atoms with E-state index in [1.165, 1.54) is 0 Å². The van der Waals surface area contributed by atoms with Gasteiger partial charge in [0.25, 0.3) is 5.56 Å². The summed E-state index contributed by atoms with van der Waals surface area (Å²) in [6, 6.07) is 20.0. The number of hydrogen-bond donors (Lipinski definition) is 1. The highest BCUT2D eigenvalue weighted by atomic mass is 35.5. The maximum atomic E-state index is 14.1. The lowest BCUT2D eigenvalue weighted by molar-refractivity contribution is 0.188. The summed E-state index contributed by atoms with van der Waals surface area (Å²) < 4.78 is 1.59. The van der Waals surface area contributed by atoms with Crippen molar-refractivity contribution >= 4 is 34.2 Å². The van der Waals surface area contributed by atoms with Gasteiger partial charge in [0, 0.05) is 17.3 Å². The number of halogens is 1. The van der Waals surface area contributed by atoms with E-state index in [9.17, 15) is 9.59 Å². The average Bonchev–Trinajstić information content (AvgIpc) is 2.92. The van der Waals surface area contributed by atoms with E-state index in [2.05, 4.69) is 58.1 Å². The third kappa shape index (κ3) is 6.07. The van der Waals surface area contributed by atoms with Crippen molar-refractivity contribution in [2.75, 3.05) is 11.9 Å². The van der Waals surface area contributed by atoms with E-state index in [0.717, 1.165) is 29.7 Å². The molecule has 0 aliphatic rings. The number of unbranched alkanes of at least 4 members (excludes halogenated alkanes) is 1. The summed E-state index contributed by atoms with van der Waals surface area (Å²) >= 11 is 6.34. The van der Waals surface area contributed by atoms with Crippen molar-refractivity contribution < 1.29 is 4.79 Å². The SMILES string of the molecule is CCCCN(C(=O)Nc1c(C(C)C)cccc1C(C)C)[C@@H](C)c1nc2ccccc2c(=O)n1-c1cccc(Cl)c1. The second-order valence-electron chi connectivity index (χ2n) is 10.9. The van der Waals surface area contributed by atoms with Crippen LogP contribution in [0.1, 0.15) is 89.2 Å². The van der Waals surface area contributed by atoms with Gasteiger partial charge in [-0.2, -0.15) is 0 Å². The monoisotopic (exact) mass is 558 g/mol. The van der Waals surface area contributed by atoms with Gasteiger partial charge in [-0.1, -0.05) is 89.0 Å². The molecule has 0 aliphatic carbocycles. The van der Waals surface area contributed by atoms with Crippen LogP contribution in [-0.2, 0) is 0 Å². The Morgan fingerprint density at radius 1 is 0.950 bits per heavy atom. The van der Waals surface area contributed by atoms with Crippen LogP contribution in [0.5, 0.6) is 0 Å². The van der Waals surface area contributed by atoms with Gasteiger partial charge < -0.3 is 10.2 Å². The molecule has 210 valence electrons. The smallest absolute Gasteiger partial charge is 0.315 e. The van der Waals surface area contributed by atoms with E-state index in [0.29, 0.717) is 34.0 Å². The van der Waals surface area contributed by atoms with E-state index < -0.39 is 6.04 Å². The van der Waals surface area contributed by atoms with Gasteiger partial charge >= 0.3 is 6.03 Å². The largest absolute Gasteiger partial charge is 0.322 e. The fourth-order valence-electron chi connectivity index (χ4n) is 5.11. The molecule has 7 heteroatoms. The summed E-state index contributed by atoms with van der Waals surface area (Å²) in [5.74, 6) is 0.967. The van der Waals surface area contributed by atoms with Crippen molar-refractivity contribution in [3.05, 3.63) is 99.1 Å². The number of anilines is 1. The van der Waals surface area contributed by atoms with Crippen molar-refractivity contribution in [2.24, 2.45) is 0 Å². The molecule has 0 aliphatic heterocycles. The first kappa shape index (κ1) is 29.3. The van der Waals surface area contributed by atoms with E-state index in [1.807, 2.05) is 37.3 Å². The van der Waals surface area contributed by atoms with Crippen LogP contribution < -0.4 is 10.9 Å². The minimum Gasteiger partial charge on any atom is -0.315 e. The Hall–Kier alpha value is -3.64. The quantitative estimate of drug-likeness (QED) is 0.223. The second-order valence-corrected chi connectivity index (χ2v) is 11.3. The van der Waals surface area contributed by atoms with Crippen molar-refractivity contribution in [2.45, 2.75) is 72.3 Å². The molecule has 0 saturated carbocycles. The van der Waals surface area contributed by atoms with E-state index >= 15 is 0 Å². The lowest BCUT2D eigenvalue weighted by atomic mass is 9.92. The van der Waals surface area contributed by atoms with Gasteiger partial charge in [0.15, 0.2) is 0 Å². The lowest BCUT2D eigenvalue weighted by Gasteiger charge is -2.32. The number of urea groups is 1. The van der Waals surface area contributed by atoms with Gasteiger partial charge in [-0.3, -0.25) is 9.36 Å². The number of nitrogens with one attached hydrogen (secondary N) is 1. The molecule has 4 rings (SSSR count). The number of carbonyl (C=O) groups is 1. The highest BCUT2D eigenvalue weighted by Gasteiger charge is 2.28. The molecular weight excluding hydrogens is 520 g/mol. The number of rotatable bonds is 9. The third-order valence-corrected chi connectivity index (χ3v) is 7.56. The minimum absolute atomic E-state index is 0.196. The predicted octanol–water partition coefficient (Wildman–Crippen LogP) is 8.68. The van der Waals surface area contributed by atoms with Gasteiger partial charge in [-0.15, -0.1) is 0 Å². The molecule has 1 N–H and O–H groups in total. The van der Waals surface area contributed by atoms with Crippen LogP contribution in [0.15, 0.2) is 71.5 Å². The summed E-state index contributed by atoms with van der Waals surface area (Å²) in [4.78, 5) is 34.7. The first-order chi connectivity index (χ1) is 19.1. The van der Waals surface area contributed by atoms with E-state index in [-0.39, 0.29) is 23.4 Å². The molecular formula is C33H39ClN4O2. The lowest BCUT2D eigenvalue weighted by Crippen LogP contribution is -2.40. The highest BCUT2D eigenvalue weighted by Crippen LogP contribution is 2.33. The summed E-state index contributed by atoms with van der Waals surface area (Å²) in [5.41, 5.74) is 4.07. The first-order valence-corrected chi connectivity index (χ1v) is 14.5.